The number of hydrogen-bond acceptors (Lipinski definition) is 5. The number of piperazine rings is 1. The molecule has 0 spiro atoms. The van der Waals surface area contributed by atoms with Gasteiger partial charge in [-0.05, 0) is 36.6 Å². The first-order chi connectivity index (χ1) is 11.9. The van der Waals surface area contributed by atoms with E-state index in [1.807, 2.05) is 19.1 Å². The average Bonchev–Trinajstić information content (AvgIpc) is 2.61. The van der Waals surface area contributed by atoms with Crippen molar-refractivity contribution in [3.05, 3.63) is 53.5 Å². The quantitative estimate of drug-likeness (QED) is 0.870. The Hall–Kier alpha value is -2.27. The third kappa shape index (κ3) is 3.87. The number of ketones is 1. The van der Waals surface area contributed by atoms with Crippen LogP contribution in [0.25, 0.3) is 0 Å². The van der Waals surface area contributed by atoms with Crippen molar-refractivity contribution in [1.82, 2.24) is 15.3 Å². The van der Waals surface area contributed by atoms with Crippen molar-refractivity contribution < 1.29 is 6.22 Å². The van der Waals surface area contributed by atoms with Gasteiger partial charge in [0, 0.05) is 44.6 Å². The Balaban J connectivity index is 0.00000243. The third-order valence-corrected chi connectivity index (χ3v) is 4.76. The van der Waals surface area contributed by atoms with E-state index in [0.29, 0.717) is 17.3 Å². The van der Waals surface area contributed by atoms with Crippen LogP contribution in [0.2, 0.25) is 0 Å². The zero-order valence-electron chi connectivity index (χ0n) is 15.4. The lowest BCUT2D eigenvalue weighted by Crippen LogP contribution is -2.56. The summed E-state index contributed by atoms with van der Waals surface area (Å²) in [5.41, 5.74) is 1.99. The molecule has 1 N–H and O–H groups in total. The highest BCUT2D eigenvalue weighted by Crippen LogP contribution is 2.24. The van der Waals surface area contributed by atoms with Crippen molar-refractivity contribution in [3.8, 4) is 0 Å². The summed E-state index contributed by atoms with van der Waals surface area (Å²) in [5.74, 6) is 0.790. The van der Waals surface area contributed by atoms with Gasteiger partial charge in [-0.25, -0.2) is 4.98 Å². The molecule has 0 bridgehead atoms. The molecule has 3 rings (SSSR count). The number of aromatic nitrogens is 2. The molecule has 25 heavy (non-hydrogen) atoms. The van der Waals surface area contributed by atoms with E-state index in [2.05, 4.69) is 41.0 Å². The Morgan fingerprint density at radius 3 is 2.80 bits per heavy atom. The van der Waals surface area contributed by atoms with Crippen molar-refractivity contribution in [2.45, 2.75) is 33.7 Å². The zero-order chi connectivity index (χ0) is 18.0. The molecule has 1 aliphatic heterocycles. The summed E-state index contributed by atoms with van der Waals surface area (Å²) in [6.07, 6.45) is 1.70. The maximum atomic E-state index is 12.8. The molecule has 5 heteroatoms. The number of rotatable bonds is 3. The number of carbonyl (C=O) groups is 1. The molecule has 1 saturated heterocycles. The van der Waals surface area contributed by atoms with Crippen molar-refractivity contribution in [3.63, 3.8) is 0 Å². The van der Waals surface area contributed by atoms with Crippen LogP contribution in [0, 0.1) is 12.3 Å². The topological polar surface area (TPSA) is 58.1 Å². The van der Waals surface area contributed by atoms with Crippen molar-refractivity contribution in [1.29, 1.82) is 0 Å². The van der Waals surface area contributed by atoms with Gasteiger partial charge in [0.2, 0.25) is 5.78 Å². The maximum absolute atomic E-state index is 12.8. The first kappa shape index (κ1) is 17.5. The predicted octanol–water partition coefficient (Wildman–Crippen LogP) is 3.09. The van der Waals surface area contributed by atoms with E-state index in [-0.39, 0.29) is 12.6 Å². The molecule has 2 aromatic rings. The summed E-state index contributed by atoms with van der Waals surface area (Å²) >= 11 is 0. The number of pyridine rings is 2. The van der Waals surface area contributed by atoms with Crippen LogP contribution in [0.4, 0.5) is 5.82 Å². The lowest BCUT2D eigenvalue weighted by Gasteiger charge is -2.41. The summed E-state index contributed by atoms with van der Waals surface area (Å²) in [7, 11) is 0. The second-order valence-electron chi connectivity index (χ2n) is 7.67. The van der Waals surface area contributed by atoms with Crippen molar-refractivity contribution >= 4 is 11.6 Å². The SMILES string of the molecule is Cc1ncccc1C(=O)c1cccc(N2CCN[C@@H](C(C)(C)C)C2)n1.[HH]. The molecule has 0 saturated carbocycles. The molecule has 5 nitrogen and oxygen atoms in total. The van der Waals surface area contributed by atoms with E-state index in [1.54, 1.807) is 24.4 Å². The van der Waals surface area contributed by atoms with Gasteiger partial charge in [-0.15, -0.1) is 0 Å². The minimum absolute atomic E-state index is 0. The van der Waals surface area contributed by atoms with Gasteiger partial charge in [0.05, 0.1) is 0 Å². The van der Waals surface area contributed by atoms with Crippen LogP contribution in [0.15, 0.2) is 36.5 Å². The number of nitrogens with one attached hydrogen (secondary N) is 1. The summed E-state index contributed by atoms with van der Waals surface area (Å²) in [5, 5.41) is 3.58. The van der Waals surface area contributed by atoms with Crippen LogP contribution in [0.3, 0.4) is 0 Å². The van der Waals surface area contributed by atoms with Gasteiger partial charge >= 0.3 is 0 Å². The van der Waals surface area contributed by atoms with Crippen molar-refractivity contribution in [2.24, 2.45) is 5.41 Å². The maximum Gasteiger partial charge on any atom is 0.213 e. The van der Waals surface area contributed by atoms with Gasteiger partial charge in [-0.2, -0.15) is 0 Å². The molecule has 2 aromatic heterocycles. The fourth-order valence-electron chi connectivity index (χ4n) is 3.13. The van der Waals surface area contributed by atoms with Crippen molar-refractivity contribution in [2.75, 3.05) is 24.5 Å². The normalized spacial score (nSPS) is 18.2. The molecule has 134 valence electrons. The minimum Gasteiger partial charge on any atom is -0.354 e. The summed E-state index contributed by atoms with van der Waals surface area (Å²) < 4.78 is 0. The van der Waals surface area contributed by atoms with E-state index in [9.17, 15) is 4.79 Å². The van der Waals surface area contributed by atoms with Crippen LogP contribution in [-0.2, 0) is 0 Å². The van der Waals surface area contributed by atoms with E-state index in [1.165, 1.54) is 0 Å². The molecular weight excluding hydrogens is 312 g/mol. The largest absolute Gasteiger partial charge is 0.354 e. The summed E-state index contributed by atoms with van der Waals surface area (Å²) in [6.45, 7) is 11.3. The summed E-state index contributed by atoms with van der Waals surface area (Å²) in [6, 6.07) is 9.66. The second-order valence-corrected chi connectivity index (χ2v) is 7.67. The molecule has 0 aliphatic carbocycles. The smallest absolute Gasteiger partial charge is 0.213 e. The average molecular weight is 340 g/mol. The Labute approximate surface area is 151 Å². The number of anilines is 1. The van der Waals surface area contributed by atoms with Gasteiger partial charge in [-0.3, -0.25) is 9.78 Å². The lowest BCUT2D eigenvalue weighted by molar-refractivity contribution is 0.103. The van der Waals surface area contributed by atoms with Crippen LogP contribution < -0.4 is 10.2 Å². The number of nitrogens with zero attached hydrogens (tertiary/aromatic N) is 3. The highest BCUT2D eigenvalue weighted by Gasteiger charge is 2.30. The molecule has 0 aromatic carbocycles. The van der Waals surface area contributed by atoms with Crippen LogP contribution in [0.5, 0.6) is 0 Å². The van der Waals surface area contributed by atoms with Gasteiger partial charge in [0.15, 0.2) is 0 Å². The van der Waals surface area contributed by atoms with Gasteiger partial charge < -0.3 is 10.2 Å². The zero-order valence-corrected chi connectivity index (χ0v) is 15.4. The molecule has 0 radical (unpaired) electrons. The van der Waals surface area contributed by atoms with Gasteiger partial charge in [-0.1, -0.05) is 26.8 Å². The van der Waals surface area contributed by atoms with Crippen LogP contribution in [0.1, 0.15) is 43.9 Å². The van der Waals surface area contributed by atoms with Crippen LogP contribution in [-0.4, -0.2) is 41.4 Å². The minimum atomic E-state index is -0.0741. The molecule has 3 heterocycles. The molecule has 0 amide bonds. The van der Waals surface area contributed by atoms with E-state index < -0.39 is 0 Å². The fourth-order valence-corrected chi connectivity index (χ4v) is 3.13. The van der Waals surface area contributed by atoms with E-state index in [0.717, 1.165) is 31.1 Å². The first-order valence-electron chi connectivity index (χ1n) is 8.78. The molecule has 1 aliphatic rings. The number of hydrogen-bond donors (Lipinski definition) is 1. The van der Waals surface area contributed by atoms with Gasteiger partial charge in [0.1, 0.15) is 11.5 Å². The number of carbonyl (C=O) groups excluding carboxylic acids is 1. The van der Waals surface area contributed by atoms with E-state index in [4.69, 9.17) is 0 Å². The highest BCUT2D eigenvalue weighted by atomic mass is 16.1. The van der Waals surface area contributed by atoms with E-state index >= 15 is 0 Å². The fraction of sp³-hybridized carbons (Fsp3) is 0.450. The Morgan fingerprint density at radius 1 is 1.28 bits per heavy atom. The second kappa shape index (κ2) is 6.92. The van der Waals surface area contributed by atoms with Gasteiger partial charge in [0.25, 0.3) is 0 Å². The lowest BCUT2D eigenvalue weighted by atomic mass is 9.85. The Bertz CT molecular complexity index is 772. The Kier molecular flexibility index (Phi) is 4.86. The molecule has 1 atom stereocenters. The molecular formula is C20H28N4O. The molecule has 1 fully saturated rings. The highest BCUT2D eigenvalue weighted by molar-refractivity contribution is 6.08. The summed E-state index contributed by atoms with van der Waals surface area (Å²) in [4.78, 5) is 23.9. The van der Waals surface area contributed by atoms with Crippen LogP contribution >= 0.6 is 0 Å². The predicted molar refractivity (Wildman–Crippen MR) is 102 cm³/mol. The molecule has 0 unspecified atom stereocenters. The standard InChI is InChI=1S/C20H26N4O.H2/c1-14-15(7-6-10-21-14)19(25)16-8-5-9-18(23-16)24-12-11-22-17(13-24)20(2,3)4;/h5-10,17,22H,11-13H2,1-4H3;1H/t17-;/m1./s1. The monoisotopic (exact) mass is 340 g/mol. The first-order valence-corrected chi connectivity index (χ1v) is 8.78. The Morgan fingerprint density at radius 2 is 2.08 bits per heavy atom. The number of aryl methyl sites for hydroxylation is 1. The third-order valence-electron chi connectivity index (χ3n) is 4.76.